The fraction of sp³-hybridized carbons (Fsp3) is 0.659. The van der Waals surface area contributed by atoms with Crippen molar-refractivity contribution in [2.75, 3.05) is 44.5 Å². The monoisotopic (exact) mass is 804 g/mol. The van der Waals surface area contributed by atoms with E-state index < -0.39 is 30.4 Å². The molecule has 1 aromatic carbocycles. The Morgan fingerprint density at radius 1 is 0.983 bits per heavy atom. The second-order valence-electron chi connectivity index (χ2n) is 17.3. The minimum atomic E-state index is -0.931. The van der Waals surface area contributed by atoms with E-state index in [4.69, 9.17) is 19.2 Å². The van der Waals surface area contributed by atoms with Gasteiger partial charge in [-0.25, -0.2) is 13.6 Å². The number of phenolic OH excluding ortho intramolecular Hbond substituents is 1. The second kappa shape index (κ2) is 17.5. The number of anilines is 1. The van der Waals surface area contributed by atoms with Gasteiger partial charge in [-0.1, -0.05) is 52.4 Å². The Bertz CT molecular complexity index is 1970. The zero-order valence-corrected chi connectivity index (χ0v) is 34.0. The molecular formula is C44H58F2N6O6. The number of amides is 1. The van der Waals surface area contributed by atoms with Crippen molar-refractivity contribution in [2.24, 2.45) is 0 Å². The number of phenols is 1. The van der Waals surface area contributed by atoms with Gasteiger partial charge in [0.25, 0.3) is 0 Å². The average molecular weight is 805 g/mol. The Balaban J connectivity index is 1.01. The normalized spacial score (nSPS) is 25.2. The molecule has 4 saturated heterocycles. The number of rotatable bonds is 15. The molecule has 3 unspecified atom stereocenters. The van der Waals surface area contributed by atoms with Gasteiger partial charge in [-0.3, -0.25) is 19.6 Å². The van der Waals surface area contributed by atoms with Gasteiger partial charge in [0, 0.05) is 44.2 Å². The minimum Gasteiger partial charge on any atom is -0.508 e. The quantitative estimate of drug-likeness (QED) is 0.0904. The summed E-state index contributed by atoms with van der Waals surface area (Å²) in [5.74, 6) is -0.329. The van der Waals surface area contributed by atoms with Gasteiger partial charge in [-0.2, -0.15) is 9.97 Å². The predicted octanol–water partition coefficient (Wildman–Crippen LogP) is 8.36. The first-order valence-electron chi connectivity index (χ1n) is 21.7. The molecule has 314 valence electrons. The van der Waals surface area contributed by atoms with Crippen molar-refractivity contribution in [2.45, 2.75) is 146 Å². The van der Waals surface area contributed by atoms with Crippen molar-refractivity contribution in [1.82, 2.24) is 24.8 Å². The number of hydrogen-bond acceptors (Lipinski definition) is 11. The fourth-order valence-electron chi connectivity index (χ4n) is 10.5. The van der Waals surface area contributed by atoms with Gasteiger partial charge in [0.2, 0.25) is 6.79 Å². The maximum atomic E-state index is 17.1. The number of aromatic nitrogens is 3. The standard InChI is InChI=1S/C44H58F2N6O6/c1-3-4-5-6-7-8-9-14-36(54)57-27-58-43(55)52-31-15-16-32(52)25-50(24-31)41-35-22-47-39(34-20-33(53)19-29-13-10-12-28(2)37(29)34)38(46)40(35)48-42(49-41)56-26-44-17-11-18-51(44)23-30(45)21-44/h19-20,22,28,30-32,53H,3-18,21,23-27H2,1-2H3/t28?,30-,31?,32?,44+/m1/s1. The van der Waals surface area contributed by atoms with Gasteiger partial charge < -0.3 is 24.2 Å². The third-order valence-corrected chi connectivity index (χ3v) is 13.3. The summed E-state index contributed by atoms with van der Waals surface area (Å²) in [6.07, 6.45) is 14.4. The molecule has 1 aliphatic carbocycles. The summed E-state index contributed by atoms with van der Waals surface area (Å²) in [5, 5.41) is 11.1. The van der Waals surface area contributed by atoms with Crippen LogP contribution in [0.15, 0.2) is 18.3 Å². The number of aromatic hydroxyl groups is 1. The topological polar surface area (TPSA) is 130 Å². The van der Waals surface area contributed by atoms with Crippen molar-refractivity contribution in [3.63, 3.8) is 0 Å². The Labute approximate surface area is 339 Å². The SMILES string of the molecule is CCCCCCCCCC(=O)OCOC(=O)N1C2CCC1CN(c1nc(OC[C@@]34CCCN3C[C@H](F)C4)nc3c(F)c(-c4cc(O)cc5c4C(C)CCC5)ncc13)C2. The van der Waals surface area contributed by atoms with Gasteiger partial charge in [-0.15, -0.1) is 0 Å². The zero-order chi connectivity index (χ0) is 40.4. The number of carbonyl (C=O) groups excluding carboxylic acids is 2. The first-order valence-corrected chi connectivity index (χ1v) is 21.7. The number of aryl methyl sites for hydroxylation is 1. The number of carbonyl (C=O) groups is 2. The summed E-state index contributed by atoms with van der Waals surface area (Å²) >= 11 is 0. The highest BCUT2D eigenvalue weighted by Gasteiger charge is 2.50. The number of piperazine rings is 1. The molecular weight excluding hydrogens is 747 g/mol. The van der Waals surface area contributed by atoms with E-state index in [9.17, 15) is 19.1 Å². The molecule has 0 spiro atoms. The van der Waals surface area contributed by atoms with Gasteiger partial charge in [0.1, 0.15) is 35.6 Å². The van der Waals surface area contributed by atoms with Crippen molar-refractivity contribution < 1.29 is 37.7 Å². The molecule has 2 bridgehead atoms. The lowest BCUT2D eigenvalue weighted by Gasteiger charge is -2.41. The van der Waals surface area contributed by atoms with Crippen LogP contribution in [0, 0.1) is 5.82 Å². The molecule has 0 saturated carbocycles. The Morgan fingerprint density at radius 2 is 1.76 bits per heavy atom. The van der Waals surface area contributed by atoms with E-state index in [2.05, 4.69) is 28.7 Å². The first-order chi connectivity index (χ1) is 28.1. The van der Waals surface area contributed by atoms with Crippen LogP contribution in [0.4, 0.5) is 19.4 Å². The third-order valence-electron chi connectivity index (χ3n) is 13.3. The average Bonchev–Trinajstić information content (AvgIpc) is 3.82. The molecule has 5 aliphatic rings. The van der Waals surface area contributed by atoms with Crippen molar-refractivity contribution in [3.8, 4) is 23.0 Å². The van der Waals surface area contributed by atoms with Crippen LogP contribution < -0.4 is 9.64 Å². The molecule has 5 atom stereocenters. The van der Waals surface area contributed by atoms with Crippen LogP contribution in [0.1, 0.15) is 127 Å². The Kier molecular flexibility index (Phi) is 12.2. The summed E-state index contributed by atoms with van der Waals surface area (Å²) in [5.41, 5.74) is 2.25. The predicted molar refractivity (Wildman–Crippen MR) is 215 cm³/mol. The van der Waals surface area contributed by atoms with E-state index >= 15 is 4.39 Å². The highest BCUT2D eigenvalue weighted by molar-refractivity contribution is 5.92. The number of unbranched alkanes of at least 4 members (excludes halogenated alkanes) is 6. The smallest absolute Gasteiger partial charge is 0.413 e. The molecule has 1 N–H and O–H groups in total. The molecule has 14 heteroatoms. The van der Waals surface area contributed by atoms with Crippen LogP contribution in [-0.2, 0) is 20.7 Å². The van der Waals surface area contributed by atoms with Gasteiger partial charge in [0.05, 0.1) is 23.0 Å². The van der Waals surface area contributed by atoms with Crippen molar-refractivity contribution in [1.29, 1.82) is 0 Å². The van der Waals surface area contributed by atoms with Crippen molar-refractivity contribution >= 4 is 28.8 Å². The summed E-state index contributed by atoms with van der Waals surface area (Å²) in [7, 11) is 0. The number of ether oxygens (including phenoxy) is 3. The van der Waals surface area contributed by atoms with Gasteiger partial charge >= 0.3 is 18.1 Å². The molecule has 12 nitrogen and oxygen atoms in total. The number of benzene rings is 1. The summed E-state index contributed by atoms with van der Waals surface area (Å²) in [4.78, 5) is 45.8. The van der Waals surface area contributed by atoms with E-state index in [1.54, 1.807) is 23.2 Å². The van der Waals surface area contributed by atoms with E-state index in [0.29, 0.717) is 49.2 Å². The fourth-order valence-corrected chi connectivity index (χ4v) is 10.5. The first kappa shape index (κ1) is 40.4. The lowest BCUT2D eigenvalue weighted by atomic mass is 9.80. The van der Waals surface area contributed by atoms with Crippen LogP contribution in [0.3, 0.4) is 0 Å². The van der Waals surface area contributed by atoms with Crippen LogP contribution in [0.2, 0.25) is 0 Å². The molecule has 0 radical (unpaired) electrons. The number of nitrogens with zero attached hydrogens (tertiary/aromatic N) is 6. The summed E-state index contributed by atoms with van der Waals surface area (Å²) < 4.78 is 48.8. The summed E-state index contributed by atoms with van der Waals surface area (Å²) in [6.45, 7) is 6.05. The number of alkyl halides is 1. The lowest BCUT2D eigenvalue weighted by Crippen LogP contribution is -2.56. The maximum absolute atomic E-state index is 17.1. The third kappa shape index (κ3) is 8.27. The molecule has 4 aliphatic heterocycles. The van der Waals surface area contributed by atoms with Crippen LogP contribution in [-0.4, -0.2) is 105 Å². The van der Waals surface area contributed by atoms with E-state index in [1.807, 2.05) is 4.90 Å². The molecule has 6 heterocycles. The molecule has 1 amide bonds. The maximum Gasteiger partial charge on any atom is 0.413 e. The highest BCUT2D eigenvalue weighted by atomic mass is 19.1. The van der Waals surface area contributed by atoms with Crippen LogP contribution >= 0.6 is 0 Å². The lowest BCUT2D eigenvalue weighted by molar-refractivity contribution is -0.152. The van der Waals surface area contributed by atoms with Crippen LogP contribution in [0.5, 0.6) is 11.8 Å². The minimum absolute atomic E-state index is 0.000819. The highest BCUT2D eigenvalue weighted by Crippen LogP contribution is 2.44. The Hall–Kier alpha value is -4.33. The van der Waals surface area contributed by atoms with Crippen LogP contribution in [0.25, 0.3) is 22.2 Å². The van der Waals surface area contributed by atoms with E-state index in [1.165, 1.54) is 25.7 Å². The largest absolute Gasteiger partial charge is 0.508 e. The second-order valence-corrected chi connectivity index (χ2v) is 17.3. The number of pyridine rings is 1. The number of fused-ring (bicyclic) bond motifs is 5. The number of halogens is 2. The zero-order valence-electron chi connectivity index (χ0n) is 34.0. The van der Waals surface area contributed by atoms with Crippen molar-refractivity contribution in [3.05, 3.63) is 35.3 Å². The molecule has 4 fully saturated rings. The van der Waals surface area contributed by atoms with Gasteiger partial charge in [0.15, 0.2) is 5.82 Å². The van der Waals surface area contributed by atoms with Gasteiger partial charge in [-0.05, 0) is 87.1 Å². The van der Waals surface area contributed by atoms with E-state index in [0.717, 1.165) is 81.9 Å². The number of esters is 1. The molecule has 3 aromatic rings. The number of hydrogen-bond donors (Lipinski definition) is 1. The molecule has 58 heavy (non-hydrogen) atoms. The Morgan fingerprint density at radius 3 is 2.55 bits per heavy atom. The molecule has 2 aromatic heterocycles. The summed E-state index contributed by atoms with van der Waals surface area (Å²) in [6, 6.07) is 2.93. The van der Waals surface area contributed by atoms with E-state index in [-0.39, 0.29) is 53.5 Å². The molecule has 8 rings (SSSR count).